The maximum absolute atomic E-state index is 5.85. The van der Waals surface area contributed by atoms with Gasteiger partial charge in [-0.15, -0.1) is 0 Å². The Hall–Kier alpha value is -1.26. The van der Waals surface area contributed by atoms with Crippen molar-refractivity contribution >= 4 is 0 Å². The summed E-state index contributed by atoms with van der Waals surface area (Å²) in [5.41, 5.74) is 8.40. The van der Waals surface area contributed by atoms with Crippen LogP contribution in [0, 0.1) is 12.8 Å². The van der Waals surface area contributed by atoms with Crippen molar-refractivity contribution in [1.82, 2.24) is 4.90 Å². The van der Waals surface area contributed by atoms with Crippen molar-refractivity contribution in [3.05, 3.63) is 23.3 Å². The topological polar surface area (TPSA) is 47.7 Å². The summed E-state index contributed by atoms with van der Waals surface area (Å²) in [5.74, 6) is 2.23. The molecular formula is C17H28N2O2. The van der Waals surface area contributed by atoms with Crippen molar-refractivity contribution in [3.63, 3.8) is 0 Å². The molecule has 0 aromatic heterocycles. The smallest absolute Gasteiger partial charge is 0.161 e. The van der Waals surface area contributed by atoms with Crippen LogP contribution >= 0.6 is 0 Å². The molecule has 118 valence electrons. The number of ether oxygens (including phenoxy) is 2. The molecule has 0 aliphatic carbocycles. The lowest BCUT2D eigenvalue weighted by molar-refractivity contribution is 0.113. The summed E-state index contributed by atoms with van der Waals surface area (Å²) in [6, 6.07) is 4.77. The number of hydrogen-bond acceptors (Lipinski definition) is 4. The Morgan fingerprint density at radius 3 is 2.48 bits per heavy atom. The number of piperidine rings is 1. The van der Waals surface area contributed by atoms with Gasteiger partial charge in [-0.2, -0.15) is 0 Å². The normalized spacial score (nSPS) is 23.1. The van der Waals surface area contributed by atoms with Crippen LogP contribution in [0.4, 0.5) is 0 Å². The van der Waals surface area contributed by atoms with Crippen LogP contribution in [-0.4, -0.2) is 38.3 Å². The summed E-state index contributed by atoms with van der Waals surface area (Å²) in [6.45, 7) is 7.26. The number of likely N-dealkylation sites (tertiary alicyclic amines) is 1. The molecule has 0 saturated carbocycles. The molecule has 1 aliphatic heterocycles. The van der Waals surface area contributed by atoms with Crippen LogP contribution in [0.1, 0.15) is 30.9 Å². The van der Waals surface area contributed by atoms with Crippen molar-refractivity contribution in [1.29, 1.82) is 0 Å². The predicted octanol–water partition coefficient (Wildman–Crippen LogP) is 2.57. The Kier molecular flexibility index (Phi) is 5.48. The van der Waals surface area contributed by atoms with Crippen molar-refractivity contribution in [2.45, 2.75) is 39.3 Å². The van der Waals surface area contributed by atoms with E-state index in [2.05, 4.69) is 30.9 Å². The van der Waals surface area contributed by atoms with Crippen LogP contribution in [0.15, 0.2) is 12.1 Å². The van der Waals surface area contributed by atoms with Crippen LogP contribution in [0.3, 0.4) is 0 Å². The molecule has 0 amide bonds. The van der Waals surface area contributed by atoms with E-state index >= 15 is 0 Å². The van der Waals surface area contributed by atoms with Gasteiger partial charge in [0.2, 0.25) is 0 Å². The van der Waals surface area contributed by atoms with Gasteiger partial charge in [0.15, 0.2) is 11.5 Å². The number of benzene rings is 1. The van der Waals surface area contributed by atoms with E-state index in [1.165, 1.54) is 24.0 Å². The first-order valence-electron chi connectivity index (χ1n) is 7.74. The van der Waals surface area contributed by atoms with Crippen molar-refractivity contribution < 1.29 is 9.47 Å². The van der Waals surface area contributed by atoms with Crippen LogP contribution in [0.25, 0.3) is 0 Å². The summed E-state index contributed by atoms with van der Waals surface area (Å²) in [5, 5.41) is 0. The van der Waals surface area contributed by atoms with Gasteiger partial charge in [0.1, 0.15) is 0 Å². The van der Waals surface area contributed by atoms with Crippen molar-refractivity contribution in [2.24, 2.45) is 11.7 Å². The highest BCUT2D eigenvalue weighted by Gasteiger charge is 2.25. The molecule has 2 unspecified atom stereocenters. The summed E-state index contributed by atoms with van der Waals surface area (Å²) in [6.07, 6.45) is 2.48. The second kappa shape index (κ2) is 7.14. The van der Waals surface area contributed by atoms with E-state index in [1.807, 2.05) is 0 Å². The fourth-order valence-electron chi connectivity index (χ4n) is 3.09. The van der Waals surface area contributed by atoms with Gasteiger partial charge in [0, 0.05) is 19.1 Å². The minimum atomic E-state index is 0.611. The average molecular weight is 292 g/mol. The number of hydrogen-bond donors (Lipinski definition) is 1. The number of methoxy groups -OCH3 is 2. The summed E-state index contributed by atoms with van der Waals surface area (Å²) in [4.78, 5) is 2.54. The summed E-state index contributed by atoms with van der Waals surface area (Å²) in [7, 11) is 3.36. The second-order valence-electron chi connectivity index (χ2n) is 6.09. The highest BCUT2D eigenvalue weighted by molar-refractivity contribution is 5.47. The van der Waals surface area contributed by atoms with Crippen LogP contribution < -0.4 is 15.2 Å². The highest BCUT2D eigenvalue weighted by atomic mass is 16.5. The van der Waals surface area contributed by atoms with Gasteiger partial charge < -0.3 is 15.2 Å². The van der Waals surface area contributed by atoms with Crippen LogP contribution in [0.2, 0.25) is 0 Å². The Morgan fingerprint density at radius 2 is 1.86 bits per heavy atom. The highest BCUT2D eigenvalue weighted by Crippen LogP contribution is 2.32. The maximum atomic E-state index is 5.85. The molecule has 1 heterocycles. The summed E-state index contributed by atoms with van der Waals surface area (Å²) < 4.78 is 10.8. The number of aryl methyl sites for hydroxylation is 1. The minimum absolute atomic E-state index is 0.611. The lowest BCUT2D eigenvalue weighted by Crippen LogP contribution is -2.43. The van der Waals surface area contributed by atoms with Gasteiger partial charge in [-0.05, 0) is 62.4 Å². The molecule has 0 bridgehead atoms. The number of nitrogens with two attached hydrogens (primary N) is 1. The van der Waals surface area contributed by atoms with E-state index < -0.39 is 0 Å². The minimum Gasteiger partial charge on any atom is -0.493 e. The van der Waals surface area contributed by atoms with Crippen LogP contribution in [0.5, 0.6) is 11.5 Å². The molecule has 0 radical (unpaired) electrons. The Labute approximate surface area is 128 Å². The zero-order valence-corrected chi connectivity index (χ0v) is 13.7. The second-order valence-corrected chi connectivity index (χ2v) is 6.09. The molecule has 1 fully saturated rings. The van der Waals surface area contributed by atoms with E-state index in [1.54, 1.807) is 14.2 Å². The Morgan fingerprint density at radius 1 is 1.19 bits per heavy atom. The molecule has 2 atom stereocenters. The van der Waals surface area contributed by atoms with E-state index in [9.17, 15) is 0 Å². The quantitative estimate of drug-likeness (QED) is 0.906. The fraction of sp³-hybridized carbons (Fsp3) is 0.647. The van der Waals surface area contributed by atoms with Gasteiger partial charge in [-0.3, -0.25) is 4.90 Å². The first-order chi connectivity index (χ1) is 10.1. The van der Waals surface area contributed by atoms with Crippen LogP contribution in [-0.2, 0) is 6.54 Å². The van der Waals surface area contributed by atoms with Gasteiger partial charge in [0.05, 0.1) is 14.2 Å². The third-order valence-electron chi connectivity index (χ3n) is 4.66. The summed E-state index contributed by atoms with van der Waals surface area (Å²) >= 11 is 0. The lowest BCUT2D eigenvalue weighted by atomic mass is 9.92. The SMILES string of the molecule is COc1cc(C)c(CN2CC(CN)CCC2C)cc1OC. The van der Waals surface area contributed by atoms with Gasteiger partial charge in [-0.25, -0.2) is 0 Å². The van der Waals surface area contributed by atoms with Crippen molar-refractivity contribution in [2.75, 3.05) is 27.3 Å². The van der Waals surface area contributed by atoms with Gasteiger partial charge >= 0.3 is 0 Å². The maximum Gasteiger partial charge on any atom is 0.161 e. The zero-order chi connectivity index (χ0) is 15.4. The molecule has 21 heavy (non-hydrogen) atoms. The Bertz CT molecular complexity index is 476. The molecule has 1 aromatic carbocycles. The number of nitrogens with zero attached hydrogens (tertiary/aromatic N) is 1. The molecule has 4 heteroatoms. The van der Waals surface area contributed by atoms with E-state index in [0.29, 0.717) is 12.0 Å². The van der Waals surface area contributed by atoms with E-state index in [4.69, 9.17) is 15.2 Å². The predicted molar refractivity (Wildman–Crippen MR) is 85.9 cm³/mol. The third kappa shape index (κ3) is 3.69. The molecule has 0 spiro atoms. The van der Waals surface area contributed by atoms with Crippen molar-refractivity contribution in [3.8, 4) is 11.5 Å². The Balaban J connectivity index is 2.18. The van der Waals surface area contributed by atoms with Gasteiger partial charge in [-0.1, -0.05) is 0 Å². The molecule has 1 aromatic rings. The fourth-order valence-corrected chi connectivity index (χ4v) is 3.09. The largest absolute Gasteiger partial charge is 0.493 e. The molecule has 2 rings (SSSR count). The molecule has 4 nitrogen and oxygen atoms in total. The zero-order valence-electron chi connectivity index (χ0n) is 13.7. The third-order valence-corrected chi connectivity index (χ3v) is 4.66. The molecule has 1 aliphatic rings. The molecule has 1 saturated heterocycles. The standard InChI is InChI=1S/C17H28N2O2/c1-12-7-16(20-3)17(21-4)8-15(12)11-19-10-14(9-18)6-5-13(19)2/h7-8,13-14H,5-6,9-11,18H2,1-4H3. The number of rotatable bonds is 5. The van der Waals surface area contributed by atoms with E-state index in [-0.39, 0.29) is 0 Å². The average Bonchev–Trinajstić information content (AvgIpc) is 2.50. The monoisotopic (exact) mass is 292 g/mol. The molecule has 2 N–H and O–H groups in total. The first kappa shape index (κ1) is 16.1. The molecular weight excluding hydrogens is 264 g/mol. The van der Waals surface area contributed by atoms with E-state index in [0.717, 1.165) is 31.1 Å². The first-order valence-corrected chi connectivity index (χ1v) is 7.74. The lowest BCUT2D eigenvalue weighted by Gasteiger charge is -2.38. The van der Waals surface area contributed by atoms with Gasteiger partial charge in [0.25, 0.3) is 0 Å².